The maximum absolute atomic E-state index is 12.3. The number of benzene rings is 2. The third-order valence-electron chi connectivity index (χ3n) is 4.42. The number of hydrogen-bond acceptors (Lipinski definition) is 5. The number of nitrogens with one attached hydrogen (secondary N) is 1. The molecular weight excluding hydrogens is 370 g/mol. The van der Waals surface area contributed by atoms with E-state index in [-0.39, 0.29) is 18.0 Å². The highest BCUT2D eigenvalue weighted by molar-refractivity contribution is 5.75. The van der Waals surface area contributed by atoms with Crippen molar-refractivity contribution in [2.75, 3.05) is 20.8 Å². The fourth-order valence-electron chi connectivity index (χ4n) is 2.83. The molecule has 7 nitrogen and oxygen atoms in total. The van der Waals surface area contributed by atoms with Gasteiger partial charge in [-0.25, -0.2) is 4.68 Å². The lowest BCUT2D eigenvalue weighted by Gasteiger charge is -2.09. The maximum atomic E-state index is 12.3. The van der Waals surface area contributed by atoms with Crippen LogP contribution in [-0.4, -0.2) is 36.5 Å². The van der Waals surface area contributed by atoms with Crippen molar-refractivity contribution in [2.45, 2.75) is 13.0 Å². The predicted molar refractivity (Wildman–Crippen MR) is 110 cm³/mol. The largest absolute Gasteiger partial charge is 0.497 e. The molecular formula is C22H23N3O4. The number of hydrogen-bond donors (Lipinski definition) is 1. The highest BCUT2D eigenvalue weighted by Gasteiger charge is 2.08. The number of methoxy groups -OCH3 is 2. The number of aromatic nitrogens is 2. The number of amides is 1. The van der Waals surface area contributed by atoms with Crippen molar-refractivity contribution in [3.63, 3.8) is 0 Å². The van der Waals surface area contributed by atoms with Crippen molar-refractivity contribution in [3.8, 4) is 22.8 Å². The van der Waals surface area contributed by atoms with Gasteiger partial charge in [-0.3, -0.25) is 9.59 Å². The molecule has 1 amide bonds. The zero-order valence-electron chi connectivity index (χ0n) is 16.4. The molecule has 1 heterocycles. The minimum atomic E-state index is -0.332. The number of ether oxygens (including phenoxy) is 2. The summed E-state index contributed by atoms with van der Waals surface area (Å²) < 4.78 is 11.5. The SMILES string of the molecule is COc1ccc(CCNC(=O)Cn2nc(-c3cccc(OC)c3)ccc2=O)cc1. The fourth-order valence-corrected chi connectivity index (χ4v) is 2.83. The molecule has 0 fully saturated rings. The lowest BCUT2D eigenvalue weighted by atomic mass is 10.1. The first kappa shape index (κ1) is 20.1. The molecule has 1 N–H and O–H groups in total. The van der Waals surface area contributed by atoms with Crippen LogP contribution in [-0.2, 0) is 17.8 Å². The Morgan fingerprint density at radius 2 is 1.76 bits per heavy atom. The Hall–Kier alpha value is -3.61. The molecule has 7 heteroatoms. The zero-order valence-corrected chi connectivity index (χ0v) is 16.4. The molecule has 0 aliphatic rings. The summed E-state index contributed by atoms with van der Waals surface area (Å²) in [6.07, 6.45) is 0.682. The van der Waals surface area contributed by atoms with Gasteiger partial charge in [0.25, 0.3) is 5.56 Å². The van der Waals surface area contributed by atoms with Crippen LogP contribution < -0.4 is 20.3 Å². The third kappa shape index (κ3) is 5.44. The van der Waals surface area contributed by atoms with Gasteiger partial charge in [0, 0.05) is 18.2 Å². The van der Waals surface area contributed by atoms with Gasteiger partial charge in [-0.2, -0.15) is 5.10 Å². The number of rotatable bonds is 8. The molecule has 0 aliphatic heterocycles. The summed E-state index contributed by atoms with van der Waals surface area (Å²) in [5, 5.41) is 7.14. The summed E-state index contributed by atoms with van der Waals surface area (Å²) in [5.41, 5.74) is 2.15. The van der Waals surface area contributed by atoms with E-state index >= 15 is 0 Å². The molecule has 0 atom stereocenters. The summed E-state index contributed by atoms with van der Waals surface area (Å²) in [5.74, 6) is 1.22. The Labute approximate surface area is 168 Å². The average molecular weight is 393 g/mol. The fraction of sp³-hybridized carbons (Fsp3) is 0.227. The lowest BCUT2D eigenvalue weighted by molar-refractivity contribution is -0.121. The van der Waals surface area contributed by atoms with Crippen molar-refractivity contribution >= 4 is 5.91 Å². The highest BCUT2D eigenvalue weighted by atomic mass is 16.5. The van der Waals surface area contributed by atoms with E-state index in [1.165, 1.54) is 6.07 Å². The second-order valence-electron chi connectivity index (χ2n) is 6.39. The van der Waals surface area contributed by atoms with Gasteiger partial charge in [-0.1, -0.05) is 24.3 Å². The Balaban J connectivity index is 1.61. The smallest absolute Gasteiger partial charge is 0.267 e. The highest BCUT2D eigenvalue weighted by Crippen LogP contribution is 2.21. The van der Waals surface area contributed by atoms with E-state index in [4.69, 9.17) is 9.47 Å². The molecule has 29 heavy (non-hydrogen) atoms. The van der Waals surface area contributed by atoms with Crippen LogP contribution in [0.4, 0.5) is 0 Å². The van der Waals surface area contributed by atoms with Crippen LogP contribution in [0.15, 0.2) is 65.5 Å². The summed E-state index contributed by atoms with van der Waals surface area (Å²) in [7, 11) is 3.21. The zero-order chi connectivity index (χ0) is 20.6. The van der Waals surface area contributed by atoms with Gasteiger partial charge >= 0.3 is 0 Å². The summed E-state index contributed by atoms with van der Waals surface area (Å²) in [4.78, 5) is 24.4. The van der Waals surface area contributed by atoms with Crippen molar-refractivity contribution < 1.29 is 14.3 Å². The van der Waals surface area contributed by atoms with E-state index in [0.29, 0.717) is 24.4 Å². The van der Waals surface area contributed by atoms with Crippen molar-refractivity contribution in [1.29, 1.82) is 0 Å². The van der Waals surface area contributed by atoms with Crippen LogP contribution in [0.5, 0.6) is 11.5 Å². The van der Waals surface area contributed by atoms with E-state index in [0.717, 1.165) is 21.6 Å². The molecule has 0 saturated heterocycles. The van der Waals surface area contributed by atoms with Gasteiger partial charge in [0.05, 0.1) is 19.9 Å². The van der Waals surface area contributed by atoms with Gasteiger partial charge < -0.3 is 14.8 Å². The van der Waals surface area contributed by atoms with Gasteiger partial charge in [-0.15, -0.1) is 0 Å². The van der Waals surface area contributed by atoms with E-state index in [1.54, 1.807) is 20.3 Å². The number of carbonyl (C=O) groups is 1. The van der Waals surface area contributed by atoms with Crippen LogP contribution in [0, 0.1) is 0 Å². The summed E-state index contributed by atoms with van der Waals surface area (Å²) in [6.45, 7) is 0.328. The maximum Gasteiger partial charge on any atom is 0.267 e. The molecule has 2 aromatic carbocycles. The quantitative estimate of drug-likeness (QED) is 0.635. The van der Waals surface area contributed by atoms with E-state index in [2.05, 4.69) is 10.4 Å². The van der Waals surface area contributed by atoms with E-state index in [9.17, 15) is 9.59 Å². The van der Waals surface area contributed by atoms with Crippen LogP contribution in [0.2, 0.25) is 0 Å². The van der Waals surface area contributed by atoms with Crippen molar-refractivity contribution in [1.82, 2.24) is 15.1 Å². The number of nitrogens with zero attached hydrogens (tertiary/aromatic N) is 2. The van der Waals surface area contributed by atoms with Gasteiger partial charge in [0.2, 0.25) is 5.91 Å². The molecule has 150 valence electrons. The first-order valence-corrected chi connectivity index (χ1v) is 9.21. The molecule has 0 aliphatic carbocycles. The molecule has 0 spiro atoms. The first-order chi connectivity index (χ1) is 14.1. The van der Waals surface area contributed by atoms with Crippen molar-refractivity contribution in [3.05, 3.63) is 76.6 Å². The second kappa shape index (κ2) is 9.54. The standard InChI is InChI=1S/C22H23N3O4/c1-28-18-8-6-16(7-9-18)12-13-23-21(26)15-25-22(27)11-10-20(24-25)17-4-3-5-19(14-17)29-2/h3-11,14H,12-13,15H2,1-2H3,(H,23,26). The minimum absolute atomic E-state index is 0.140. The molecule has 1 aromatic heterocycles. The Morgan fingerprint density at radius 3 is 2.48 bits per heavy atom. The summed E-state index contributed by atoms with van der Waals surface area (Å²) >= 11 is 0. The molecule has 3 aromatic rings. The Bertz CT molecular complexity index is 1030. The normalized spacial score (nSPS) is 10.4. The monoisotopic (exact) mass is 393 g/mol. The average Bonchev–Trinajstić information content (AvgIpc) is 2.76. The van der Waals surface area contributed by atoms with E-state index < -0.39 is 0 Å². The van der Waals surface area contributed by atoms with Gasteiger partial charge in [-0.05, 0) is 42.3 Å². The van der Waals surface area contributed by atoms with Crippen LogP contribution in [0.25, 0.3) is 11.3 Å². The predicted octanol–water partition coefficient (Wildman–Crippen LogP) is 2.29. The molecule has 0 radical (unpaired) electrons. The Morgan fingerprint density at radius 1 is 1.00 bits per heavy atom. The van der Waals surface area contributed by atoms with Gasteiger partial charge in [0.15, 0.2) is 0 Å². The Kier molecular flexibility index (Phi) is 6.63. The first-order valence-electron chi connectivity index (χ1n) is 9.21. The number of carbonyl (C=O) groups excluding carboxylic acids is 1. The minimum Gasteiger partial charge on any atom is -0.497 e. The van der Waals surface area contributed by atoms with Crippen LogP contribution in [0.1, 0.15) is 5.56 Å². The molecule has 0 unspecified atom stereocenters. The van der Waals surface area contributed by atoms with Crippen LogP contribution in [0.3, 0.4) is 0 Å². The molecule has 0 saturated carbocycles. The third-order valence-corrected chi connectivity index (χ3v) is 4.42. The van der Waals surface area contributed by atoms with Crippen LogP contribution >= 0.6 is 0 Å². The molecule has 3 rings (SSSR count). The summed E-state index contributed by atoms with van der Waals surface area (Å²) in [6, 6.07) is 18.1. The second-order valence-corrected chi connectivity index (χ2v) is 6.39. The van der Waals surface area contributed by atoms with Crippen molar-refractivity contribution in [2.24, 2.45) is 0 Å². The van der Waals surface area contributed by atoms with E-state index in [1.807, 2.05) is 48.5 Å². The molecule has 0 bridgehead atoms. The lowest BCUT2D eigenvalue weighted by Crippen LogP contribution is -2.34. The van der Waals surface area contributed by atoms with Gasteiger partial charge in [0.1, 0.15) is 18.0 Å². The topological polar surface area (TPSA) is 82.4 Å².